The largest absolute Gasteiger partial charge is 0.379 e. The molecule has 6 fully saturated rings. The molecule has 4 saturated carbocycles. The molecule has 0 aromatic heterocycles. The fourth-order valence-electron chi connectivity index (χ4n) is 6.54. The van der Waals surface area contributed by atoms with Crippen molar-refractivity contribution >= 4 is 10.1 Å². The molecule has 130 valence electrons. The molecule has 2 saturated heterocycles. The Morgan fingerprint density at radius 3 is 2.30 bits per heavy atom. The minimum atomic E-state index is -3.43. The third-order valence-corrected chi connectivity index (χ3v) is 8.96. The SMILES string of the molecule is O=S1(=O)OC23CC4CC(CC(C4)C2)C[C@H]3[C@@H]1CN1CCOCC1. The summed E-state index contributed by atoms with van der Waals surface area (Å²) >= 11 is 0. The monoisotopic (exact) mass is 341 g/mol. The molecule has 23 heavy (non-hydrogen) atoms. The first-order valence-electron chi connectivity index (χ1n) is 9.29. The topological polar surface area (TPSA) is 55.8 Å². The highest BCUT2D eigenvalue weighted by Crippen LogP contribution is 2.61. The lowest BCUT2D eigenvalue weighted by Gasteiger charge is -2.43. The second-order valence-corrected chi connectivity index (χ2v) is 10.4. The molecule has 0 N–H and O–H groups in total. The van der Waals surface area contributed by atoms with Gasteiger partial charge in [-0.25, -0.2) is 0 Å². The number of ether oxygens (including phenoxy) is 1. The van der Waals surface area contributed by atoms with Gasteiger partial charge in [0.25, 0.3) is 10.1 Å². The predicted molar refractivity (Wildman–Crippen MR) is 85.4 cm³/mol. The highest BCUT2D eigenvalue weighted by molar-refractivity contribution is 7.87. The van der Waals surface area contributed by atoms with Crippen LogP contribution in [0.15, 0.2) is 0 Å². The Labute approximate surface area is 138 Å². The van der Waals surface area contributed by atoms with Crippen LogP contribution in [0.4, 0.5) is 0 Å². The molecular weight excluding hydrogens is 314 g/mol. The van der Waals surface area contributed by atoms with Gasteiger partial charge in [-0.05, 0) is 56.3 Å². The fraction of sp³-hybridized carbons (Fsp3) is 1.00. The summed E-state index contributed by atoms with van der Waals surface area (Å²) < 4.78 is 37.1. The van der Waals surface area contributed by atoms with Gasteiger partial charge in [0.15, 0.2) is 0 Å². The molecule has 2 aliphatic heterocycles. The van der Waals surface area contributed by atoms with Crippen LogP contribution in [-0.4, -0.2) is 57.0 Å². The van der Waals surface area contributed by atoms with Crippen LogP contribution in [-0.2, 0) is 19.0 Å². The minimum absolute atomic E-state index is 0.218. The van der Waals surface area contributed by atoms with Crippen LogP contribution >= 0.6 is 0 Å². The summed E-state index contributed by atoms with van der Waals surface area (Å²) in [5.41, 5.74) is -0.353. The zero-order valence-corrected chi connectivity index (χ0v) is 14.5. The Kier molecular flexibility index (Phi) is 3.39. The van der Waals surface area contributed by atoms with Gasteiger partial charge in [-0.3, -0.25) is 9.08 Å². The average Bonchev–Trinajstić information content (AvgIpc) is 2.58. The van der Waals surface area contributed by atoms with Gasteiger partial charge in [-0.1, -0.05) is 0 Å². The molecule has 6 rings (SSSR count). The van der Waals surface area contributed by atoms with E-state index in [1.54, 1.807) is 0 Å². The number of hydrogen-bond donors (Lipinski definition) is 0. The summed E-state index contributed by atoms with van der Waals surface area (Å²) in [6.07, 6.45) is 6.97. The van der Waals surface area contributed by atoms with Gasteiger partial charge >= 0.3 is 0 Å². The molecule has 6 aliphatic rings. The van der Waals surface area contributed by atoms with Crippen LogP contribution in [0.2, 0.25) is 0 Å². The van der Waals surface area contributed by atoms with Crippen molar-refractivity contribution in [2.45, 2.75) is 49.4 Å². The number of hydrogen-bond acceptors (Lipinski definition) is 5. The first-order chi connectivity index (χ1) is 11.0. The maximum Gasteiger partial charge on any atom is 0.272 e. The minimum Gasteiger partial charge on any atom is -0.379 e. The van der Waals surface area contributed by atoms with Gasteiger partial charge in [0, 0.05) is 25.6 Å². The molecule has 1 spiro atoms. The maximum atomic E-state index is 12.9. The Morgan fingerprint density at radius 2 is 1.61 bits per heavy atom. The van der Waals surface area contributed by atoms with Crippen LogP contribution in [0.1, 0.15) is 38.5 Å². The van der Waals surface area contributed by atoms with Crippen molar-refractivity contribution in [2.24, 2.45) is 23.7 Å². The molecule has 2 unspecified atom stereocenters. The first-order valence-corrected chi connectivity index (χ1v) is 10.8. The fourth-order valence-corrected chi connectivity index (χ4v) is 8.54. The lowest BCUT2D eigenvalue weighted by Crippen LogP contribution is -2.47. The van der Waals surface area contributed by atoms with Crippen LogP contribution < -0.4 is 0 Å². The molecule has 2 heterocycles. The van der Waals surface area contributed by atoms with E-state index in [9.17, 15) is 8.42 Å². The van der Waals surface area contributed by atoms with E-state index in [2.05, 4.69) is 4.90 Å². The highest BCUT2D eigenvalue weighted by Gasteiger charge is 2.64. The highest BCUT2D eigenvalue weighted by atomic mass is 32.2. The van der Waals surface area contributed by atoms with Gasteiger partial charge < -0.3 is 4.74 Å². The standard InChI is InChI=1S/C17H27NO4S/c19-23(20)16(11-18-1-3-21-4-2-18)15-8-12-5-13-7-14(6-12)10-17(15,9-13)22-23/h12-16H,1-11H2/t12?,13?,14?,15-,16-,17?/m0/s1. The Morgan fingerprint density at radius 1 is 0.957 bits per heavy atom. The van der Waals surface area contributed by atoms with Crippen molar-refractivity contribution < 1.29 is 17.3 Å². The van der Waals surface area contributed by atoms with Crippen molar-refractivity contribution in [3.8, 4) is 0 Å². The van der Waals surface area contributed by atoms with Crippen molar-refractivity contribution in [1.29, 1.82) is 0 Å². The third-order valence-electron chi connectivity index (χ3n) is 7.17. The second kappa shape index (κ2) is 5.16. The molecule has 4 aliphatic carbocycles. The smallest absolute Gasteiger partial charge is 0.272 e. The number of nitrogens with zero attached hydrogens (tertiary/aromatic N) is 1. The summed E-state index contributed by atoms with van der Waals surface area (Å²) in [6.45, 7) is 3.77. The summed E-state index contributed by atoms with van der Waals surface area (Å²) in [7, 11) is -3.43. The number of rotatable bonds is 2. The van der Waals surface area contributed by atoms with Gasteiger partial charge in [-0.2, -0.15) is 8.42 Å². The van der Waals surface area contributed by atoms with E-state index >= 15 is 0 Å². The maximum absolute atomic E-state index is 12.9. The quantitative estimate of drug-likeness (QED) is 0.715. The van der Waals surface area contributed by atoms with E-state index < -0.39 is 10.1 Å². The van der Waals surface area contributed by atoms with Gasteiger partial charge in [-0.15, -0.1) is 0 Å². The lowest BCUT2D eigenvalue weighted by atomic mass is 9.65. The van der Waals surface area contributed by atoms with Gasteiger partial charge in [0.1, 0.15) is 5.25 Å². The van der Waals surface area contributed by atoms with Crippen LogP contribution in [0.3, 0.4) is 0 Å². The summed E-state index contributed by atoms with van der Waals surface area (Å²) in [5, 5.41) is -0.321. The van der Waals surface area contributed by atoms with E-state index in [1.165, 1.54) is 19.3 Å². The average molecular weight is 341 g/mol. The van der Waals surface area contributed by atoms with Gasteiger partial charge in [0.05, 0.1) is 18.8 Å². The summed E-state index contributed by atoms with van der Waals surface area (Å²) in [4.78, 5) is 2.27. The molecule has 0 amide bonds. The normalized spacial score (nSPS) is 51.6. The van der Waals surface area contributed by atoms with E-state index in [0.717, 1.165) is 51.5 Å². The first kappa shape index (κ1) is 15.1. The molecule has 0 aromatic rings. The Bertz CT molecular complexity index is 571. The van der Waals surface area contributed by atoms with Crippen LogP contribution in [0, 0.1) is 23.7 Å². The molecule has 5 nitrogen and oxygen atoms in total. The second-order valence-electron chi connectivity index (χ2n) is 8.65. The molecule has 4 bridgehead atoms. The van der Waals surface area contributed by atoms with E-state index in [0.29, 0.717) is 18.4 Å². The number of morpholine rings is 1. The van der Waals surface area contributed by atoms with Gasteiger partial charge in [0.2, 0.25) is 0 Å². The van der Waals surface area contributed by atoms with Crippen molar-refractivity contribution in [1.82, 2.24) is 4.90 Å². The zero-order valence-electron chi connectivity index (χ0n) is 13.7. The third kappa shape index (κ3) is 2.40. The summed E-state index contributed by atoms with van der Waals surface area (Å²) in [6, 6.07) is 0. The predicted octanol–water partition coefficient (Wildman–Crippen LogP) is 1.63. The van der Waals surface area contributed by atoms with Crippen molar-refractivity contribution in [3.63, 3.8) is 0 Å². The molecular formula is C17H27NO4S. The Hall–Kier alpha value is -0.170. The lowest BCUT2D eigenvalue weighted by molar-refractivity contribution is -0.0288. The molecule has 0 radical (unpaired) electrons. The summed E-state index contributed by atoms with van der Waals surface area (Å²) in [5.74, 6) is 2.36. The van der Waals surface area contributed by atoms with Crippen molar-refractivity contribution in [3.05, 3.63) is 0 Å². The molecule has 0 aromatic carbocycles. The van der Waals surface area contributed by atoms with E-state index in [1.807, 2.05) is 0 Å². The zero-order chi connectivity index (χ0) is 15.7. The van der Waals surface area contributed by atoms with Crippen LogP contribution in [0.25, 0.3) is 0 Å². The molecule has 6 heteroatoms. The van der Waals surface area contributed by atoms with Crippen molar-refractivity contribution in [2.75, 3.05) is 32.8 Å². The van der Waals surface area contributed by atoms with E-state index in [4.69, 9.17) is 8.92 Å². The molecule has 4 atom stereocenters. The Balaban J connectivity index is 1.47. The van der Waals surface area contributed by atoms with E-state index in [-0.39, 0.29) is 16.8 Å². The van der Waals surface area contributed by atoms with Crippen LogP contribution in [0.5, 0.6) is 0 Å².